The Balaban J connectivity index is 0.00000408. The molecule has 0 saturated heterocycles. The summed E-state index contributed by atoms with van der Waals surface area (Å²) in [6.45, 7) is -1.05. The number of carbonyl (C=O) groups is 2. The van der Waals surface area contributed by atoms with Crippen LogP contribution in [0.1, 0.15) is 11.7 Å². The number of hydrogen-bond donors (Lipinski definition) is 4. The summed E-state index contributed by atoms with van der Waals surface area (Å²) >= 11 is 0. The molecule has 0 bridgehead atoms. The van der Waals surface area contributed by atoms with Crippen LogP contribution in [-0.2, 0) is 14.3 Å². The van der Waals surface area contributed by atoms with Gasteiger partial charge in [0.2, 0.25) is 0 Å². The Kier molecular flexibility index (Phi) is 8.75. The second kappa shape index (κ2) is 10.8. The molecule has 1 aromatic heterocycles. The molecule has 10 nitrogen and oxygen atoms in total. The number of nitriles is 1. The maximum atomic E-state index is 13.0. The van der Waals surface area contributed by atoms with E-state index in [4.69, 9.17) is 9.84 Å². The molecule has 34 heavy (non-hydrogen) atoms. The molecule has 2 aromatic rings. The van der Waals surface area contributed by atoms with Crippen molar-refractivity contribution in [1.82, 2.24) is 9.88 Å². The Hall–Kier alpha value is -2.60. The zero-order valence-electron chi connectivity index (χ0n) is 17.6. The average Bonchev–Trinajstić information content (AvgIpc) is 3.15. The first-order valence-electron chi connectivity index (χ1n) is 9.43. The number of ether oxygens (including phenoxy) is 1. The van der Waals surface area contributed by atoms with Crippen molar-refractivity contribution in [2.45, 2.75) is 36.6 Å². The minimum Gasteiger partial charge on any atom is -0.542 e. The Bertz CT molecular complexity index is 1140. The first-order chi connectivity index (χ1) is 15.5. The van der Waals surface area contributed by atoms with Gasteiger partial charge in [0.1, 0.15) is 41.8 Å². The van der Waals surface area contributed by atoms with E-state index in [0.29, 0.717) is 10.8 Å². The van der Waals surface area contributed by atoms with Crippen LogP contribution in [-0.4, -0.2) is 68.9 Å². The van der Waals surface area contributed by atoms with Crippen molar-refractivity contribution in [3.05, 3.63) is 48.0 Å². The first kappa shape index (κ1) is 27.6. The molecule has 0 aliphatic carbocycles. The van der Waals surface area contributed by atoms with Crippen LogP contribution in [0.25, 0.3) is 10.8 Å². The van der Waals surface area contributed by atoms with E-state index < -0.39 is 60.8 Å². The van der Waals surface area contributed by atoms with Crippen LogP contribution in [0.2, 0.25) is 0 Å². The number of carbonyl (C=O) groups excluding carboxylic acids is 2. The van der Waals surface area contributed by atoms with Crippen LogP contribution in [0.3, 0.4) is 0 Å². The summed E-state index contributed by atoms with van der Waals surface area (Å²) in [6, 6.07) is 4.95. The van der Waals surface area contributed by atoms with E-state index in [1.165, 1.54) is 6.20 Å². The normalized spacial score (nSPS) is 21.9. The Labute approximate surface area is 212 Å². The summed E-state index contributed by atoms with van der Waals surface area (Å²) in [5.41, 5.74) is -0.0753. The Morgan fingerprint density at radius 1 is 1.29 bits per heavy atom. The van der Waals surface area contributed by atoms with Gasteiger partial charge in [-0.15, -0.1) is 0 Å². The number of rotatable bonds is 6. The van der Waals surface area contributed by atoms with E-state index in [9.17, 15) is 43.3 Å². The quantitative estimate of drug-likeness (QED) is 0.296. The molecule has 1 aliphatic rings. The SMILES string of the molecule is N#Cc1c2ccccc2cn1[C@H]1C=C(C(=O)[O-])O[C@@H]([C@H](O)[C@H](O)CO)[C@@H]1NC(=O)C(F)(F)F.[Na+]. The zero-order valence-corrected chi connectivity index (χ0v) is 19.6. The van der Waals surface area contributed by atoms with Crippen molar-refractivity contribution >= 4 is 22.6 Å². The second-order valence-corrected chi connectivity index (χ2v) is 7.21. The molecule has 0 saturated carbocycles. The van der Waals surface area contributed by atoms with Crippen molar-refractivity contribution in [3.63, 3.8) is 0 Å². The maximum absolute atomic E-state index is 13.0. The Morgan fingerprint density at radius 2 is 1.94 bits per heavy atom. The van der Waals surface area contributed by atoms with E-state index in [0.717, 1.165) is 10.6 Å². The van der Waals surface area contributed by atoms with Crippen molar-refractivity contribution in [2.75, 3.05) is 6.61 Å². The summed E-state index contributed by atoms with van der Waals surface area (Å²) in [4.78, 5) is 23.3. The fraction of sp³-hybridized carbons (Fsp3) is 0.350. The number of carboxylic acids is 1. The van der Waals surface area contributed by atoms with Gasteiger partial charge < -0.3 is 39.8 Å². The van der Waals surface area contributed by atoms with E-state index >= 15 is 0 Å². The predicted molar refractivity (Wildman–Crippen MR) is 101 cm³/mol. The number of aliphatic hydroxyl groups excluding tert-OH is 3. The number of nitrogens with zero attached hydrogens (tertiary/aromatic N) is 2. The number of benzene rings is 1. The van der Waals surface area contributed by atoms with E-state index in [1.807, 2.05) is 6.07 Å². The van der Waals surface area contributed by atoms with Gasteiger partial charge in [-0.05, 0) is 6.08 Å². The number of nitrogens with one attached hydrogen (secondary N) is 1. The van der Waals surface area contributed by atoms with Crippen LogP contribution in [0.4, 0.5) is 13.2 Å². The molecule has 0 fully saturated rings. The van der Waals surface area contributed by atoms with Crippen molar-refractivity contribution in [1.29, 1.82) is 5.26 Å². The molecule has 1 amide bonds. The van der Waals surface area contributed by atoms with Gasteiger partial charge in [-0.25, -0.2) is 0 Å². The van der Waals surface area contributed by atoms with E-state index in [-0.39, 0.29) is 35.3 Å². The fourth-order valence-corrected chi connectivity index (χ4v) is 3.62. The zero-order chi connectivity index (χ0) is 24.5. The van der Waals surface area contributed by atoms with Crippen molar-refractivity contribution in [3.8, 4) is 6.07 Å². The monoisotopic (exact) mass is 491 g/mol. The van der Waals surface area contributed by atoms with Gasteiger partial charge in [0.05, 0.1) is 18.7 Å². The third kappa shape index (κ3) is 5.38. The molecule has 1 aliphatic heterocycles. The van der Waals surface area contributed by atoms with Gasteiger partial charge in [-0.2, -0.15) is 18.4 Å². The number of hydrogen-bond acceptors (Lipinski definition) is 8. The minimum atomic E-state index is -5.35. The van der Waals surface area contributed by atoms with Gasteiger partial charge >= 0.3 is 41.6 Å². The number of amides is 1. The third-order valence-electron chi connectivity index (χ3n) is 5.16. The minimum absolute atomic E-state index is 0. The third-order valence-corrected chi connectivity index (χ3v) is 5.16. The maximum Gasteiger partial charge on any atom is 1.00 e. The van der Waals surface area contributed by atoms with Gasteiger partial charge in [0.25, 0.3) is 0 Å². The van der Waals surface area contributed by atoms with Crippen molar-refractivity contribution < 1.29 is 77.5 Å². The Morgan fingerprint density at radius 3 is 2.50 bits per heavy atom. The van der Waals surface area contributed by atoms with Gasteiger partial charge in [0, 0.05) is 17.0 Å². The first-order valence-corrected chi connectivity index (χ1v) is 9.43. The van der Waals surface area contributed by atoms with Crippen LogP contribution >= 0.6 is 0 Å². The summed E-state index contributed by atoms with van der Waals surface area (Å²) < 4.78 is 45.2. The van der Waals surface area contributed by atoms with Crippen LogP contribution < -0.4 is 40.0 Å². The largest absolute Gasteiger partial charge is 1.00 e. The molecule has 0 unspecified atom stereocenters. The molecule has 2 heterocycles. The van der Waals surface area contributed by atoms with E-state index in [2.05, 4.69) is 0 Å². The van der Waals surface area contributed by atoms with Crippen LogP contribution in [0, 0.1) is 11.3 Å². The fourth-order valence-electron chi connectivity index (χ4n) is 3.62. The van der Waals surface area contributed by atoms with Crippen molar-refractivity contribution in [2.24, 2.45) is 0 Å². The van der Waals surface area contributed by atoms with Crippen LogP contribution in [0.5, 0.6) is 0 Å². The van der Waals surface area contributed by atoms with Gasteiger partial charge in [-0.1, -0.05) is 24.3 Å². The summed E-state index contributed by atoms with van der Waals surface area (Å²) in [7, 11) is 0. The second-order valence-electron chi connectivity index (χ2n) is 7.21. The number of aromatic nitrogens is 1. The molecule has 14 heteroatoms. The smallest absolute Gasteiger partial charge is 0.542 e. The average molecular weight is 491 g/mol. The van der Waals surface area contributed by atoms with Gasteiger partial charge in [-0.3, -0.25) is 4.79 Å². The number of halogens is 3. The molecule has 3 rings (SSSR count). The molecule has 0 radical (unpaired) electrons. The number of carboxylic acid groups (broad SMARTS) is 1. The molecular formula is C20H17F3N3NaO7. The summed E-state index contributed by atoms with van der Waals surface area (Å²) in [5, 5.41) is 53.1. The van der Waals surface area contributed by atoms with Gasteiger partial charge in [0.15, 0.2) is 0 Å². The summed E-state index contributed by atoms with van der Waals surface area (Å²) in [5.74, 6) is -5.24. The number of alkyl halides is 3. The molecule has 176 valence electrons. The summed E-state index contributed by atoms with van der Waals surface area (Å²) in [6.07, 6.45) is -9.24. The molecular weight excluding hydrogens is 474 g/mol. The van der Waals surface area contributed by atoms with Crippen LogP contribution in [0.15, 0.2) is 42.3 Å². The number of fused-ring (bicyclic) bond motifs is 1. The number of aliphatic hydroxyl groups is 3. The molecule has 5 atom stereocenters. The molecule has 0 spiro atoms. The topological polar surface area (TPSA) is 168 Å². The molecule has 1 aromatic carbocycles. The molecule has 4 N–H and O–H groups in total. The number of aliphatic carboxylic acids is 1. The predicted octanol–water partition coefficient (Wildman–Crippen LogP) is -4.15. The standard InChI is InChI=1S/C20H18F3N3O7.Na/c21-20(22,23)19(32)25-15-11(26-7-9-3-1-2-4-10(9)12(26)6-24)5-14(18(30)31)33-17(15)16(29)13(28)8-27;/h1-5,7,11,13,15-17,27-29H,8H2,(H,25,32)(H,30,31);/q;+1/p-1/t11-,13+,15+,16+,17+;/m0./s1. The van der Waals surface area contributed by atoms with E-state index in [1.54, 1.807) is 29.6 Å².